The van der Waals surface area contributed by atoms with Gasteiger partial charge in [-0.15, -0.1) is 0 Å². The molecule has 0 aliphatic carbocycles. The van der Waals surface area contributed by atoms with Crippen molar-refractivity contribution >= 4 is 17.5 Å². The van der Waals surface area contributed by atoms with Crippen molar-refractivity contribution in [1.29, 1.82) is 0 Å². The number of urea groups is 1. The molecule has 0 radical (unpaired) electrons. The van der Waals surface area contributed by atoms with Gasteiger partial charge in [0.05, 0.1) is 6.10 Å². The Morgan fingerprint density at radius 1 is 1.24 bits per heavy atom. The van der Waals surface area contributed by atoms with Gasteiger partial charge in [-0.25, -0.2) is 4.79 Å². The van der Waals surface area contributed by atoms with E-state index in [0.717, 1.165) is 38.2 Å². The molecule has 1 aromatic heterocycles. The summed E-state index contributed by atoms with van der Waals surface area (Å²) in [6, 6.07) is 8.55. The molecule has 1 aliphatic rings. The molecular weight excluding hydrogens is 372 g/mol. The van der Waals surface area contributed by atoms with Crippen LogP contribution in [0.5, 0.6) is 5.75 Å². The quantitative estimate of drug-likeness (QED) is 0.684. The first-order valence-corrected chi connectivity index (χ1v) is 9.98. The van der Waals surface area contributed by atoms with E-state index in [4.69, 9.17) is 9.26 Å². The van der Waals surface area contributed by atoms with Gasteiger partial charge in [-0.05, 0) is 37.1 Å². The summed E-state index contributed by atoms with van der Waals surface area (Å²) in [5, 5.41) is 18.8. The minimum Gasteiger partial charge on any atom is -0.492 e. The third-order valence-electron chi connectivity index (χ3n) is 4.84. The molecule has 3 N–H and O–H groups in total. The first kappa shape index (κ1) is 21.1. The van der Waals surface area contributed by atoms with Gasteiger partial charge in [-0.3, -0.25) is 10.2 Å². The minimum absolute atomic E-state index is 0.158. The molecule has 3 rings (SSSR count). The molecule has 8 heteroatoms. The molecule has 8 nitrogen and oxygen atoms in total. The smallest absolute Gasteiger partial charge is 0.324 e. The second kappa shape index (κ2) is 9.28. The molecule has 0 spiro atoms. The maximum Gasteiger partial charge on any atom is 0.324 e. The van der Waals surface area contributed by atoms with E-state index in [-0.39, 0.29) is 17.6 Å². The van der Waals surface area contributed by atoms with Crippen molar-refractivity contribution in [2.45, 2.75) is 45.1 Å². The van der Waals surface area contributed by atoms with E-state index in [2.05, 4.69) is 20.7 Å². The summed E-state index contributed by atoms with van der Waals surface area (Å²) in [5.41, 5.74) is 0.480. The van der Waals surface area contributed by atoms with Gasteiger partial charge < -0.3 is 19.7 Å². The zero-order valence-electron chi connectivity index (χ0n) is 17.3. The molecular formula is C21H30N4O4. The average molecular weight is 402 g/mol. The van der Waals surface area contributed by atoms with E-state index in [1.165, 1.54) is 0 Å². The van der Waals surface area contributed by atoms with Gasteiger partial charge in [0.15, 0.2) is 5.82 Å². The number of ether oxygens (including phenoxy) is 1. The fourth-order valence-corrected chi connectivity index (χ4v) is 3.04. The van der Waals surface area contributed by atoms with Crippen molar-refractivity contribution in [3.8, 4) is 5.75 Å². The molecule has 29 heavy (non-hydrogen) atoms. The summed E-state index contributed by atoms with van der Waals surface area (Å²) < 4.78 is 11.0. The average Bonchev–Trinajstić information content (AvgIpc) is 3.13. The highest BCUT2D eigenvalue weighted by atomic mass is 16.5. The lowest BCUT2D eigenvalue weighted by Crippen LogP contribution is -2.38. The number of anilines is 2. The van der Waals surface area contributed by atoms with Crippen LogP contribution in [0.3, 0.4) is 0 Å². The Labute approximate surface area is 171 Å². The van der Waals surface area contributed by atoms with Crippen LogP contribution < -0.4 is 15.4 Å². The third kappa shape index (κ3) is 6.47. The van der Waals surface area contributed by atoms with E-state index in [9.17, 15) is 9.90 Å². The monoisotopic (exact) mass is 402 g/mol. The van der Waals surface area contributed by atoms with Crippen LogP contribution in [0.4, 0.5) is 16.3 Å². The van der Waals surface area contributed by atoms with E-state index in [1.807, 2.05) is 32.9 Å². The molecule has 0 saturated carbocycles. The minimum atomic E-state index is -0.389. The van der Waals surface area contributed by atoms with Crippen LogP contribution in [0.25, 0.3) is 0 Å². The summed E-state index contributed by atoms with van der Waals surface area (Å²) >= 11 is 0. The zero-order chi connectivity index (χ0) is 20.9. The molecule has 0 atom stereocenters. The highest BCUT2D eigenvalue weighted by Crippen LogP contribution is 2.24. The standard InChI is InChI=1S/C21H30N4O4/c1-21(2,3)18-14-19(24-29-18)23-20(27)22-15-4-6-17(7-5-15)28-13-12-25-10-8-16(26)9-11-25/h4-7,14,16,26H,8-13H2,1-3H3,(H2,22,23,24,27). The fourth-order valence-electron chi connectivity index (χ4n) is 3.04. The van der Waals surface area contributed by atoms with Crippen molar-refractivity contribution < 1.29 is 19.2 Å². The van der Waals surface area contributed by atoms with E-state index < -0.39 is 0 Å². The molecule has 1 aromatic carbocycles. The number of piperidine rings is 1. The number of amides is 2. The highest BCUT2D eigenvalue weighted by molar-refractivity contribution is 5.99. The molecule has 158 valence electrons. The predicted molar refractivity (Wildman–Crippen MR) is 111 cm³/mol. The SMILES string of the molecule is CC(C)(C)c1cc(NC(=O)Nc2ccc(OCCN3CCC(O)CC3)cc2)no1. The number of hydrogen-bond acceptors (Lipinski definition) is 6. The Balaban J connectivity index is 1.41. The first-order chi connectivity index (χ1) is 13.8. The zero-order valence-corrected chi connectivity index (χ0v) is 17.3. The van der Waals surface area contributed by atoms with Gasteiger partial charge in [-0.2, -0.15) is 0 Å². The fraction of sp³-hybridized carbons (Fsp3) is 0.524. The molecule has 0 bridgehead atoms. The lowest BCUT2D eigenvalue weighted by molar-refractivity contribution is 0.0755. The Hall–Kier alpha value is -2.58. The van der Waals surface area contributed by atoms with Crippen molar-refractivity contribution in [3.63, 3.8) is 0 Å². The van der Waals surface area contributed by atoms with Crippen molar-refractivity contribution in [2.75, 3.05) is 36.9 Å². The maximum atomic E-state index is 12.1. The Kier molecular flexibility index (Phi) is 6.76. The first-order valence-electron chi connectivity index (χ1n) is 9.98. The Morgan fingerprint density at radius 2 is 1.93 bits per heavy atom. The number of nitrogens with one attached hydrogen (secondary N) is 2. The van der Waals surface area contributed by atoms with Gasteiger partial charge in [0.1, 0.15) is 18.1 Å². The van der Waals surface area contributed by atoms with Crippen LogP contribution in [0, 0.1) is 0 Å². The number of aliphatic hydroxyl groups is 1. The van der Waals surface area contributed by atoms with Crippen LogP contribution >= 0.6 is 0 Å². The number of aliphatic hydroxyl groups excluding tert-OH is 1. The van der Waals surface area contributed by atoms with Gasteiger partial charge >= 0.3 is 6.03 Å². The molecule has 2 amide bonds. The number of aromatic nitrogens is 1. The topological polar surface area (TPSA) is 99.9 Å². The van der Waals surface area contributed by atoms with Crippen LogP contribution in [0.1, 0.15) is 39.4 Å². The van der Waals surface area contributed by atoms with Crippen molar-refractivity contribution in [3.05, 3.63) is 36.1 Å². The van der Waals surface area contributed by atoms with Crippen LogP contribution in [0.2, 0.25) is 0 Å². The number of likely N-dealkylation sites (tertiary alicyclic amines) is 1. The van der Waals surface area contributed by atoms with E-state index in [1.54, 1.807) is 18.2 Å². The Morgan fingerprint density at radius 3 is 2.55 bits per heavy atom. The summed E-state index contributed by atoms with van der Waals surface area (Å²) in [6.45, 7) is 9.28. The second-order valence-corrected chi connectivity index (χ2v) is 8.35. The number of hydrogen-bond donors (Lipinski definition) is 3. The van der Waals surface area contributed by atoms with Crippen molar-refractivity contribution in [1.82, 2.24) is 10.1 Å². The van der Waals surface area contributed by atoms with Crippen molar-refractivity contribution in [2.24, 2.45) is 0 Å². The number of benzene rings is 1. The molecule has 2 heterocycles. The predicted octanol–water partition coefficient (Wildman–Crippen LogP) is 3.45. The van der Waals surface area contributed by atoms with E-state index in [0.29, 0.717) is 23.9 Å². The van der Waals surface area contributed by atoms with E-state index >= 15 is 0 Å². The summed E-state index contributed by atoms with van der Waals surface area (Å²) in [6.07, 6.45) is 1.50. The van der Waals surface area contributed by atoms with Gasteiger partial charge in [0.2, 0.25) is 0 Å². The highest BCUT2D eigenvalue weighted by Gasteiger charge is 2.20. The lowest BCUT2D eigenvalue weighted by Gasteiger charge is -2.29. The summed E-state index contributed by atoms with van der Waals surface area (Å²) in [7, 11) is 0. The van der Waals surface area contributed by atoms with Gasteiger partial charge in [0, 0.05) is 36.8 Å². The molecule has 1 aliphatic heterocycles. The summed E-state index contributed by atoms with van der Waals surface area (Å²) in [5.74, 6) is 1.83. The number of carbonyl (C=O) groups excluding carboxylic acids is 1. The van der Waals surface area contributed by atoms with Crippen LogP contribution in [-0.4, -0.2) is 53.5 Å². The van der Waals surface area contributed by atoms with Gasteiger partial charge in [-0.1, -0.05) is 25.9 Å². The normalized spacial score (nSPS) is 15.9. The number of nitrogens with zero attached hydrogens (tertiary/aromatic N) is 2. The Bertz CT molecular complexity index is 790. The largest absolute Gasteiger partial charge is 0.492 e. The third-order valence-corrected chi connectivity index (χ3v) is 4.84. The number of rotatable bonds is 6. The summed E-state index contributed by atoms with van der Waals surface area (Å²) in [4.78, 5) is 14.4. The molecule has 1 saturated heterocycles. The van der Waals surface area contributed by atoms with Gasteiger partial charge in [0.25, 0.3) is 0 Å². The number of carbonyl (C=O) groups is 1. The molecule has 1 fully saturated rings. The maximum absolute atomic E-state index is 12.1. The lowest BCUT2D eigenvalue weighted by atomic mass is 9.93. The van der Waals surface area contributed by atoms with Crippen LogP contribution in [-0.2, 0) is 5.41 Å². The van der Waals surface area contributed by atoms with Crippen LogP contribution in [0.15, 0.2) is 34.9 Å². The molecule has 0 unspecified atom stereocenters. The second-order valence-electron chi connectivity index (χ2n) is 8.35. The molecule has 2 aromatic rings.